The van der Waals surface area contributed by atoms with Gasteiger partial charge in [-0.15, -0.1) is 6.58 Å². The maximum atomic E-state index is 9.49. The summed E-state index contributed by atoms with van der Waals surface area (Å²) < 4.78 is 0. The maximum absolute atomic E-state index is 9.49. The molecule has 0 amide bonds. The molecule has 2 rings (SSSR count). The number of aromatic hydroxyl groups is 1. The first kappa shape index (κ1) is 11.2. The Bertz CT molecular complexity index is 359. The fourth-order valence-electron chi connectivity index (χ4n) is 2.17. The monoisotopic (exact) mass is 218 g/mol. The fourth-order valence-corrected chi connectivity index (χ4v) is 2.17. The topological polar surface area (TPSA) is 35.5 Å². The van der Waals surface area contributed by atoms with Gasteiger partial charge in [-0.2, -0.15) is 0 Å². The third-order valence-electron chi connectivity index (χ3n) is 2.98. The second kappa shape index (κ2) is 5.14. The molecule has 2 N–H and O–H groups in total. The minimum Gasteiger partial charge on any atom is -0.508 e. The summed E-state index contributed by atoms with van der Waals surface area (Å²) in [7, 11) is 0. The van der Waals surface area contributed by atoms with Crippen LogP contribution in [0.5, 0.6) is 5.75 Å². The van der Waals surface area contributed by atoms with Crippen molar-refractivity contribution in [2.75, 3.05) is 26.2 Å². The number of hydrogen-bond donors (Lipinski definition) is 2. The Hall–Kier alpha value is -1.32. The molecule has 16 heavy (non-hydrogen) atoms. The zero-order valence-electron chi connectivity index (χ0n) is 9.39. The number of nitrogens with zero attached hydrogens (tertiary/aromatic N) is 1. The van der Waals surface area contributed by atoms with E-state index in [0.29, 0.717) is 5.75 Å². The highest BCUT2D eigenvalue weighted by Gasteiger charge is 2.19. The molecule has 1 aromatic rings. The molecular formula is C13H18N2O. The van der Waals surface area contributed by atoms with Crippen LogP contribution in [0.4, 0.5) is 0 Å². The summed E-state index contributed by atoms with van der Waals surface area (Å²) in [6.07, 6.45) is 1.94. The van der Waals surface area contributed by atoms with Gasteiger partial charge < -0.3 is 10.4 Å². The number of benzene rings is 1. The molecule has 0 bridgehead atoms. The van der Waals surface area contributed by atoms with Crippen LogP contribution in [0.15, 0.2) is 36.9 Å². The Morgan fingerprint density at radius 3 is 2.75 bits per heavy atom. The van der Waals surface area contributed by atoms with E-state index in [1.807, 2.05) is 24.3 Å². The van der Waals surface area contributed by atoms with Gasteiger partial charge in [0.05, 0.1) is 6.04 Å². The molecule has 0 spiro atoms. The summed E-state index contributed by atoms with van der Waals surface area (Å²) in [5.74, 6) is 0.319. The second-order valence-electron chi connectivity index (χ2n) is 4.06. The normalized spacial score (nSPS) is 19.2. The van der Waals surface area contributed by atoms with Crippen molar-refractivity contribution < 1.29 is 5.11 Å². The lowest BCUT2D eigenvalue weighted by atomic mass is 10.0. The SMILES string of the molecule is C=C[C@H](c1cccc(O)c1)N1CCNCC1. The number of rotatable bonds is 3. The van der Waals surface area contributed by atoms with Gasteiger partial charge in [-0.1, -0.05) is 18.2 Å². The smallest absolute Gasteiger partial charge is 0.115 e. The molecule has 0 aliphatic carbocycles. The van der Waals surface area contributed by atoms with Crippen molar-refractivity contribution in [1.29, 1.82) is 0 Å². The van der Waals surface area contributed by atoms with E-state index in [0.717, 1.165) is 31.7 Å². The Kier molecular flexibility index (Phi) is 3.59. The third-order valence-corrected chi connectivity index (χ3v) is 2.98. The van der Waals surface area contributed by atoms with Gasteiger partial charge in [0, 0.05) is 26.2 Å². The van der Waals surface area contributed by atoms with E-state index < -0.39 is 0 Å². The van der Waals surface area contributed by atoms with Gasteiger partial charge in [0.2, 0.25) is 0 Å². The average Bonchev–Trinajstić information content (AvgIpc) is 2.31. The zero-order chi connectivity index (χ0) is 11.4. The first-order chi connectivity index (χ1) is 7.81. The highest BCUT2D eigenvalue weighted by atomic mass is 16.3. The van der Waals surface area contributed by atoms with Crippen LogP contribution in [0.3, 0.4) is 0 Å². The molecule has 0 saturated carbocycles. The van der Waals surface area contributed by atoms with Crippen LogP contribution >= 0.6 is 0 Å². The molecule has 1 saturated heterocycles. The van der Waals surface area contributed by atoms with E-state index in [9.17, 15) is 5.11 Å². The average molecular weight is 218 g/mol. The van der Waals surface area contributed by atoms with Crippen molar-refractivity contribution >= 4 is 0 Å². The predicted molar refractivity (Wildman–Crippen MR) is 65.5 cm³/mol. The highest BCUT2D eigenvalue weighted by Crippen LogP contribution is 2.24. The lowest BCUT2D eigenvalue weighted by Gasteiger charge is -2.33. The minimum absolute atomic E-state index is 0.203. The Balaban J connectivity index is 2.17. The van der Waals surface area contributed by atoms with Crippen LogP contribution in [0, 0.1) is 0 Å². The van der Waals surface area contributed by atoms with Gasteiger partial charge in [-0.25, -0.2) is 0 Å². The molecule has 1 heterocycles. The minimum atomic E-state index is 0.203. The zero-order valence-corrected chi connectivity index (χ0v) is 9.39. The van der Waals surface area contributed by atoms with Gasteiger partial charge in [-0.05, 0) is 17.7 Å². The first-order valence-corrected chi connectivity index (χ1v) is 5.67. The largest absolute Gasteiger partial charge is 0.508 e. The summed E-state index contributed by atoms with van der Waals surface area (Å²) in [6, 6.07) is 7.63. The number of hydrogen-bond acceptors (Lipinski definition) is 3. The molecule has 1 aliphatic heterocycles. The molecule has 1 aromatic carbocycles. The molecule has 1 atom stereocenters. The van der Waals surface area contributed by atoms with Crippen molar-refractivity contribution in [3.05, 3.63) is 42.5 Å². The van der Waals surface area contributed by atoms with E-state index in [2.05, 4.69) is 16.8 Å². The van der Waals surface area contributed by atoms with Crippen molar-refractivity contribution in [3.8, 4) is 5.75 Å². The number of nitrogens with one attached hydrogen (secondary N) is 1. The molecule has 86 valence electrons. The molecule has 0 aromatic heterocycles. The number of piperazine rings is 1. The van der Waals surface area contributed by atoms with Crippen molar-refractivity contribution in [2.24, 2.45) is 0 Å². The second-order valence-corrected chi connectivity index (χ2v) is 4.06. The van der Waals surface area contributed by atoms with Crippen LogP contribution in [0.25, 0.3) is 0 Å². The summed E-state index contributed by atoms with van der Waals surface area (Å²) in [4.78, 5) is 2.37. The highest BCUT2D eigenvalue weighted by molar-refractivity contribution is 5.31. The standard InChI is InChI=1S/C13H18N2O/c1-2-13(15-8-6-14-7-9-15)11-4-3-5-12(16)10-11/h2-5,10,13-14,16H,1,6-9H2/t13-/m1/s1. The summed E-state index contributed by atoms with van der Waals surface area (Å²) in [6.45, 7) is 7.97. The number of phenols is 1. The van der Waals surface area contributed by atoms with Crippen molar-refractivity contribution in [2.45, 2.75) is 6.04 Å². The molecular weight excluding hydrogens is 200 g/mol. The van der Waals surface area contributed by atoms with Gasteiger partial charge in [0.25, 0.3) is 0 Å². The third kappa shape index (κ3) is 2.43. The van der Waals surface area contributed by atoms with Gasteiger partial charge in [0.15, 0.2) is 0 Å². The maximum Gasteiger partial charge on any atom is 0.115 e. The first-order valence-electron chi connectivity index (χ1n) is 5.67. The quantitative estimate of drug-likeness (QED) is 0.755. The Morgan fingerprint density at radius 1 is 1.38 bits per heavy atom. The van der Waals surface area contributed by atoms with E-state index >= 15 is 0 Å². The summed E-state index contributed by atoms with van der Waals surface area (Å²) >= 11 is 0. The van der Waals surface area contributed by atoms with Gasteiger partial charge >= 0.3 is 0 Å². The van der Waals surface area contributed by atoms with E-state index in [1.165, 1.54) is 0 Å². The molecule has 0 unspecified atom stereocenters. The van der Waals surface area contributed by atoms with E-state index in [-0.39, 0.29) is 6.04 Å². The Morgan fingerprint density at radius 2 is 2.12 bits per heavy atom. The van der Waals surface area contributed by atoms with Crippen molar-refractivity contribution in [3.63, 3.8) is 0 Å². The van der Waals surface area contributed by atoms with Gasteiger partial charge in [-0.3, -0.25) is 4.90 Å². The van der Waals surface area contributed by atoms with Crippen molar-refractivity contribution in [1.82, 2.24) is 10.2 Å². The van der Waals surface area contributed by atoms with E-state index in [1.54, 1.807) is 6.07 Å². The lowest BCUT2D eigenvalue weighted by molar-refractivity contribution is 0.203. The van der Waals surface area contributed by atoms with Crippen LogP contribution in [0.2, 0.25) is 0 Å². The van der Waals surface area contributed by atoms with Crippen LogP contribution in [0.1, 0.15) is 11.6 Å². The molecule has 3 heteroatoms. The number of phenolic OH excluding ortho intramolecular Hbond substituents is 1. The van der Waals surface area contributed by atoms with Crippen LogP contribution in [-0.2, 0) is 0 Å². The van der Waals surface area contributed by atoms with Gasteiger partial charge in [0.1, 0.15) is 5.75 Å². The van der Waals surface area contributed by atoms with E-state index in [4.69, 9.17) is 0 Å². The Labute approximate surface area is 96.4 Å². The summed E-state index contributed by atoms with van der Waals surface area (Å²) in [5, 5.41) is 12.8. The van der Waals surface area contributed by atoms with Crippen LogP contribution in [-0.4, -0.2) is 36.2 Å². The fraction of sp³-hybridized carbons (Fsp3) is 0.385. The molecule has 0 radical (unpaired) electrons. The molecule has 3 nitrogen and oxygen atoms in total. The predicted octanol–water partition coefficient (Wildman–Crippen LogP) is 1.52. The molecule has 1 fully saturated rings. The molecule has 1 aliphatic rings. The summed E-state index contributed by atoms with van der Waals surface area (Å²) in [5.41, 5.74) is 1.11. The van der Waals surface area contributed by atoms with Crippen LogP contribution < -0.4 is 5.32 Å². The lowest BCUT2D eigenvalue weighted by Crippen LogP contribution is -2.44.